The molecule has 1 atom stereocenters. The maximum atomic E-state index is 9.58. The smallest absolute Gasteiger partial charge is 0.135 e. The van der Waals surface area contributed by atoms with Crippen molar-refractivity contribution in [1.29, 1.82) is 0 Å². The van der Waals surface area contributed by atoms with Crippen molar-refractivity contribution in [3.63, 3.8) is 0 Å². The number of hydrogen-bond donors (Lipinski definition) is 1. The molecule has 0 aliphatic carbocycles. The van der Waals surface area contributed by atoms with E-state index in [0.717, 1.165) is 16.7 Å². The van der Waals surface area contributed by atoms with Crippen molar-refractivity contribution >= 4 is 22.5 Å². The summed E-state index contributed by atoms with van der Waals surface area (Å²) < 4.78 is 5.42. The maximum absolute atomic E-state index is 9.58. The Labute approximate surface area is 105 Å². The summed E-state index contributed by atoms with van der Waals surface area (Å²) in [5.74, 6) is 0.792. The second kappa shape index (κ2) is 4.90. The molecule has 0 amide bonds. The first-order valence-electron chi connectivity index (χ1n) is 5.53. The second-order valence-corrected chi connectivity index (χ2v) is 4.19. The molecule has 1 aromatic carbocycles. The minimum absolute atomic E-state index is 0.344. The third kappa shape index (κ3) is 2.51. The molecule has 1 heterocycles. The number of hydrogen-bond acceptors (Lipinski definition) is 3. The lowest BCUT2D eigenvalue weighted by atomic mass is 10.1. The fourth-order valence-corrected chi connectivity index (χ4v) is 2.00. The van der Waals surface area contributed by atoms with Gasteiger partial charge in [-0.3, -0.25) is 0 Å². The van der Waals surface area contributed by atoms with Gasteiger partial charge in [-0.25, -0.2) is 4.98 Å². The topological polar surface area (TPSA) is 42.4 Å². The quantitative estimate of drug-likeness (QED) is 0.851. The molecule has 0 spiro atoms. The Morgan fingerprint density at radius 1 is 1.41 bits per heavy atom. The molecule has 2 rings (SSSR count). The average Bonchev–Trinajstić information content (AvgIpc) is 2.28. The van der Waals surface area contributed by atoms with Gasteiger partial charge in [0.05, 0.1) is 18.2 Å². The monoisotopic (exact) mass is 251 g/mol. The predicted octanol–water partition coefficient (Wildman–Crippen LogP) is 3.34. The molecule has 3 nitrogen and oxygen atoms in total. The van der Waals surface area contributed by atoms with Gasteiger partial charge in [0.2, 0.25) is 0 Å². The van der Waals surface area contributed by atoms with Crippen LogP contribution in [0.2, 0.25) is 5.15 Å². The molecule has 0 bridgehead atoms. The number of pyridine rings is 1. The highest BCUT2D eigenvalue weighted by Crippen LogP contribution is 2.27. The Morgan fingerprint density at radius 3 is 2.82 bits per heavy atom. The molecule has 4 heteroatoms. The van der Waals surface area contributed by atoms with E-state index in [4.69, 9.17) is 16.3 Å². The Balaban J connectivity index is 2.56. The Bertz CT molecular complexity index is 540. The molecule has 17 heavy (non-hydrogen) atoms. The van der Waals surface area contributed by atoms with Crippen molar-refractivity contribution in [3.05, 3.63) is 35.0 Å². The van der Waals surface area contributed by atoms with Crippen molar-refractivity contribution in [2.24, 2.45) is 0 Å². The highest BCUT2D eigenvalue weighted by molar-refractivity contribution is 6.30. The molecule has 1 N–H and O–H groups in total. The number of benzene rings is 1. The lowest BCUT2D eigenvalue weighted by molar-refractivity contribution is 0.199. The van der Waals surface area contributed by atoms with Gasteiger partial charge in [-0.05, 0) is 38.1 Å². The molecule has 0 aliphatic heterocycles. The first kappa shape index (κ1) is 12.1. The minimum Gasteiger partial charge on any atom is -0.494 e. The van der Waals surface area contributed by atoms with Crippen LogP contribution in [0.5, 0.6) is 5.75 Å². The van der Waals surface area contributed by atoms with E-state index in [-0.39, 0.29) is 0 Å². The normalized spacial score (nSPS) is 12.7. The fourth-order valence-electron chi connectivity index (χ4n) is 1.70. The van der Waals surface area contributed by atoms with Crippen molar-refractivity contribution in [2.75, 3.05) is 6.61 Å². The first-order valence-corrected chi connectivity index (χ1v) is 5.90. The lowest BCUT2D eigenvalue weighted by Gasteiger charge is -2.09. The summed E-state index contributed by atoms with van der Waals surface area (Å²) in [4.78, 5) is 4.25. The van der Waals surface area contributed by atoms with E-state index >= 15 is 0 Å². The molecule has 0 saturated heterocycles. The Morgan fingerprint density at radius 2 is 2.18 bits per heavy atom. The number of rotatable bonds is 3. The molecule has 0 unspecified atom stereocenters. The van der Waals surface area contributed by atoms with Crippen molar-refractivity contribution < 1.29 is 9.84 Å². The minimum atomic E-state index is -0.629. The van der Waals surface area contributed by atoms with E-state index in [0.29, 0.717) is 17.3 Å². The maximum Gasteiger partial charge on any atom is 0.135 e. The first-order chi connectivity index (χ1) is 8.11. The molecule has 0 radical (unpaired) electrons. The molecule has 90 valence electrons. The summed E-state index contributed by atoms with van der Waals surface area (Å²) in [7, 11) is 0. The largest absolute Gasteiger partial charge is 0.494 e. The number of aliphatic hydroxyl groups is 1. The highest BCUT2D eigenvalue weighted by Gasteiger charge is 2.10. The van der Waals surface area contributed by atoms with Gasteiger partial charge in [0.1, 0.15) is 10.9 Å². The lowest BCUT2D eigenvalue weighted by Crippen LogP contribution is -1.96. The van der Waals surface area contributed by atoms with Crippen molar-refractivity contribution in [2.45, 2.75) is 20.0 Å². The van der Waals surface area contributed by atoms with Crippen LogP contribution in [0.15, 0.2) is 24.3 Å². The van der Waals surface area contributed by atoms with Crippen LogP contribution in [0, 0.1) is 0 Å². The molecular weight excluding hydrogens is 238 g/mol. The number of fused-ring (bicyclic) bond motifs is 1. The summed E-state index contributed by atoms with van der Waals surface area (Å²) in [5.41, 5.74) is 1.43. The molecule has 2 aromatic rings. The van der Waals surface area contributed by atoms with E-state index in [1.165, 1.54) is 0 Å². The van der Waals surface area contributed by atoms with Crippen LogP contribution < -0.4 is 4.74 Å². The Hall–Kier alpha value is -1.32. The number of aromatic nitrogens is 1. The van der Waals surface area contributed by atoms with Crippen LogP contribution in [0.4, 0.5) is 0 Å². The zero-order valence-electron chi connectivity index (χ0n) is 9.77. The molecule has 0 aliphatic rings. The SMILES string of the molecule is CCOc1ccc2nc(Cl)c([C@H](C)O)cc2c1. The van der Waals surface area contributed by atoms with E-state index in [9.17, 15) is 5.11 Å². The number of halogens is 1. The number of ether oxygens (including phenoxy) is 1. The van der Waals surface area contributed by atoms with Crippen LogP contribution in [-0.2, 0) is 0 Å². The summed E-state index contributed by atoms with van der Waals surface area (Å²) in [6, 6.07) is 7.46. The summed E-state index contributed by atoms with van der Waals surface area (Å²) in [5, 5.41) is 10.8. The zero-order valence-corrected chi connectivity index (χ0v) is 10.5. The number of aliphatic hydroxyl groups excluding tert-OH is 1. The van der Waals surface area contributed by atoms with Crippen LogP contribution in [0.3, 0.4) is 0 Å². The van der Waals surface area contributed by atoms with Crippen molar-refractivity contribution in [1.82, 2.24) is 4.98 Å². The van der Waals surface area contributed by atoms with Crippen molar-refractivity contribution in [3.8, 4) is 5.75 Å². The number of nitrogens with zero attached hydrogens (tertiary/aromatic N) is 1. The second-order valence-electron chi connectivity index (χ2n) is 3.83. The van der Waals surface area contributed by atoms with Gasteiger partial charge < -0.3 is 9.84 Å². The summed E-state index contributed by atoms with van der Waals surface area (Å²) in [6.45, 7) is 4.22. The van der Waals surface area contributed by atoms with Gasteiger partial charge in [-0.2, -0.15) is 0 Å². The molecule has 0 saturated carbocycles. The van der Waals surface area contributed by atoms with E-state index in [1.807, 2.05) is 31.2 Å². The highest BCUT2D eigenvalue weighted by atomic mass is 35.5. The standard InChI is InChI=1S/C13H14ClNO2/c1-3-17-10-4-5-12-9(6-10)7-11(8(2)16)13(14)15-12/h4-8,16H,3H2,1-2H3/t8-/m0/s1. The Kier molecular flexibility index (Phi) is 3.50. The van der Waals surface area contributed by atoms with E-state index < -0.39 is 6.10 Å². The van der Waals surface area contributed by atoms with Crippen LogP contribution in [-0.4, -0.2) is 16.7 Å². The van der Waals surface area contributed by atoms with Crippen LogP contribution >= 0.6 is 11.6 Å². The summed E-state index contributed by atoms with van der Waals surface area (Å²) in [6.07, 6.45) is -0.629. The van der Waals surface area contributed by atoms with Crippen LogP contribution in [0.1, 0.15) is 25.5 Å². The van der Waals surface area contributed by atoms with Gasteiger partial charge in [-0.15, -0.1) is 0 Å². The van der Waals surface area contributed by atoms with E-state index in [1.54, 1.807) is 6.92 Å². The predicted molar refractivity (Wildman–Crippen MR) is 68.6 cm³/mol. The third-order valence-electron chi connectivity index (χ3n) is 2.53. The molecular formula is C13H14ClNO2. The molecule has 1 aromatic heterocycles. The summed E-state index contributed by atoms with van der Waals surface area (Å²) >= 11 is 6.00. The average molecular weight is 252 g/mol. The van der Waals surface area contributed by atoms with Crippen LogP contribution in [0.25, 0.3) is 10.9 Å². The van der Waals surface area contributed by atoms with Gasteiger partial charge in [0.25, 0.3) is 0 Å². The molecule has 0 fully saturated rings. The van der Waals surface area contributed by atoms with Gasteiger partial charge >= 0.3 is 0 Å². The van der Waals surface area contributed by atoms with E-state index in [2.05, 4.69) is 4.98 Å². The van der Waals surface area contributed by atoms with Gasteiger partial charge in [0, 0.05) is 10.9 Å². The zero-order chi connectivity index (χ0) is 12.4. The van der Waals surface area contributed by atoms with Gasteiger partial charge in [0.15, 0.2) is 0 Å². The third-order valence-corrected chi connectivity index (χ3v) is 2.83. The fraction of sp³-hybridized carbons (Fsp3) is 0.308. The van der Waals surface area contributed by atoms with Gasteiger partial charge in [-0.1, -0.05) is 11.6 Å².